The van der Waals surface area contributed by atoms with Crippen LogP contribution in [0.4, 0.5) is 4.79 Å². The number of aliphatic carboxylic acids is 1. The summed E-state index contributed by atoms with van der Waals surface area (Å²) in [5, 5.41) is 14.3. The highest BCUT2D eigenvalue weighted by atomic mass is 32.1. The van der Waals surface area contributed by atoms with Crippen molar-refractivity contribution < 1.29 is 14.7 Å². The first-order chi connectivity index (χ1) is 9.93. The van der Waals surface area contributed by atoms with E-state index in [1.165, 1.54) is 4.88 Å². The number of amides is 2. The van der Waals surface area contributed by atoms with E-state index < -0.39 is 11.4 Å². The topological polar surface area (TPSA) is 69.6 Å². The fraction of sp³-hybridized carbons (Fsp3) is 0.600. The molecule has 0 radical (unpaired) electrons. The van der Waals surface area contributed by atoms with Gasteiger partial charge >= 0.3 is 12.0 Å². The summed E-state index contributed by atoms with van der Waals surface area (Å²) in [6, 6.07) is 3.57. The van der Waals surface area contributed by atoms with Crippen LogP contribution in [0.15, 0.2) is 17.5 Å². The Kier molecular flexibility index (Phi) is 4.88. The van der Waals surface area contributed by atoms with E-state index in [4.69, 9.17) is 0 Å². The monoisotopic (exact) mass is 310 g/mol. The van der Waals surface area contributed by atoms with Crippen LogP contribution >= 0.6 is 11.3 Å². The Labute approximate surface area is 129 Å². The van der Waals surface area contributed by atoms with Gasteiger partial charge in [0.25, 0.3) is 0 Å². The second-order valence-corrected chi connectivity index (χ2v) is 6.90. The van der Waals surface area contributed by atoms with E-state index in [1.807, 2.05) is 11.4 Å². The van der Waals surface area contributed by atoms with Crippen molar-refractivity contribution >= 4 is 23.3 Å². The van der Waals surface area contributed by atoms with Crippen LogP contribution in [0.2, 0.25) is 0 Å². The number of urea groups is 1. The molecule has 2 amide bonds. The molecular formula is C15H22N2O3S. The summed E-state index contributed by atoms with van der Waals surface area (Å²) in [4.78, 5) is 26.5. The van der Waals surface area contributed by atoms with Crippen LogP contribution in [-0.4, -0.2) is 41.6 Å². The van der Waals surface area contributed by atoms with Gasteiger partial charge in [-0.3, -0.25) is 4.79 Å². The largest absolute Gasteiger partial charge is 0.481 e. The SMILES string of the molecule is CN(CCc1cccs1)C(=O)NC1CCCC1(C)C(=O)O. The van der Waals surface area contributed by atoms with E-state index in [0.29, 0.717) is 13.0 Å². The van der Waals surface area contributed by atoms with Crippen molar-refractivity contribution in [3.63, 3.8) is 0 Å². The Hall–Kier alpha value is -1.56. The number of hydrogen-bond donors (Lipinski definition) is 2. The van der Waals surface area contributed by atoms with Crippen LogP contribution in [0.5, 0.6) is 0 Å². The predicted octanol–water partition coefficient (Wildman–Crippen LogP) is 2.58. The highest BCUT2D eigenvalue weighted by molar-refractivity contribution is 7.09. The van der Waals surface area contributed by atoms with E-state index in [-0.39, 0.29) is 12.1 Å². The third-order valence-corrected chi connectivity index (χ3v) is 5.30. The van der Waals surface area contributed by atoms with Crippen molar-refractivity contribution in [1.29, 1.82) is 0 Å². The minimum atomic E-state index is -0.843. The lowest BCUT2D eigenvalue weighted by Crippen LogP contribution is -2.50. The quantitative estimate of drug-likeness (QED) is 0.878. The summed E-state index contributed by atoms with van der Waals surface area (Å²) in [5.41, 5.74) is -0.843. The van der Waals surface area contributed by atoms with Crippen LogP contribution < -0.4 is 5.32 Å². The Morgan fingerprint density at radius 2 is 2.33 bits per heavy atom. The molecule has 1 aliphatic rings. The molecule has 1 aromatic rings. The lowest BCUT2D eigenvalue weighted by atomic mass is 9.85. The first-order valence-corrected chi connectivity index (χ1v) is 8.09. The smallest absolute Gasteiger partial charge is 0.317 e. The van der Waals surface area contributed by atoms with Crippen molar-refractivity contribution in [1.82, 2.24) is 10.2 Å². The van der Waals surface area contributed by atoms with Gasteiger partial charge in [-0.15, -0.1) is 11.3 Å². The van der Waals surface area contributed by atoms with E-state index in [0.717, 1.165) is 19.3 Å². The van der Waals surface area contributed by atoms with Gasteiger partial charge in [0, 0.05) is 24.5 Å². The third kappa shape index (κ3) is 3.56. The van der Waals surface area contributed by atoms with Gasteiger partial charge in [-0.1, -0.05) is 12.5 Å². The second kappa shape index (κ2) is 6.47. The molecule has 2 rings (SSSR count). The average Bonchev–Trinajstić information content (AvgIpc) is 3.07. The van der Waals surface area contributed by atoms with Gasteiger partial charge in [-0.2, -0.15) is 0 Å². The van der Waals surface area contributed by atoms with Crippen molar-refractivity contribution in [3.05, 3.63) is 22.4 Å². The Balaban J connectivity index is 1.87. The van der Waals surface area contributed by atoms with Gasteiger partial charge in [-0.25, -0.2) is 4.79 Å². The molecule has 21 heavy (non-hydrogen) atoms. The fourth-order valence-corrected chi connectivity index (χ4v) is 3.45. The molecule has 1 fully saturated rings. The lowest BCUT2D eigenvalue weighted by molar-refractivity contribution is -0.148. The number of carboxylic acids is 1. The summed E-state index contributed by atoms with van der Waals surface area (Å²) in [7, 11) is 1.75. The Morgan fingerprint density at radius 3 is 2.95 bits per heavy atom. The number of rotatable bonds is 5. The number of hydrogen-bond acceptors (Lipinski definition) is 3. The number of nitrogens with zero attached hydrogens (tertiary/aromatic N) is 1. The van der Waals surface area contributed by atoms with Crippen LogP contribution in [0.25, 0.3) is 0 Å². The van der Waals surface area contributed by atoms with E-state index in [9.17, 15) is 14.7 Å². The first kappa shape index (κ1) is 15.8. The number of likely N-dealkylation sites (N-methyl/N-ethyl adjacent to an activating group) is 1. The summed E-state index contributed by atoms with van der Waals surface area (Å²) < 4.78 is 0. The maximum atomic E-state index is 12.2. The minimum absolute atomic E-state index is 0.189. The number of thiophene rings is 1. The molecule has 1 saturated carbocycles. The van der Waals surface area contributed by atoms with Gasteiger partial charge in [0.05, 0.1) is 5.41 Å². The normalized spacial score (nSPS) is 24.8. The van der Waals surface area contributed by atoms with Crippen LogP contribution in [0, 0.1) is 5.41 Å². The predicted molar refractivity (Wildman–Crippen MR) is 82.6 cm³/mol. The molecule has 6 heteroatoms. The molecule has 1 aliphatic carbocycles. The standard InChI is InChI=1S/C15H22N2O3S/c1-15(13(18)19)8-3-6-12(15)16-14(20)17(2)9-7-11-5-4-10-21-11/h4-5,10,12H,3,6-9H2,1-2H3,(H,16,20)(H,18,19). The molecule has 0 spiro atoms. The number of nitrogens with one attached hydrogen (secondary N) is 1. The molecule has 0 aliphatic heterocycles. The maximum absolute atomic E-state index is 12.2. The van der Waals surface area contributed by atoms with E-state index in [1.54, 1.807) is 30.2 Å². The summed E-state index contributed by atoms with van der Waals surface area (Å²) in [6.07, 6.45) is 3.01. The van der Waals surface area contributed by atoms with Crippen molar-refractivity contribution in [2.24, 2.45) is 5.41 Å². The zero-order valence-electron chi connectivity index (χ0n) is 12.5. The molecule has 2 atom stereocenters. The van der Waals surface area contributed by atoms with Gasteiger partial charge in [-0.05, 0) is 37.6 Å². The van der Waals surface area contributed by atoms with E-state index in [2.05, 4.69) is 11.4 Å². The van der Waals surface area contributed by atoms with Crippen molar-refractivity contribution in [2.45, 2.75) is 38.6 Å². The number of carbonyl (C=O) groups is 2. The van der Waals surface area contributed by atoms with Gasteiger partial charge in [0.1, 0.15) is 0 Å². The Morgan fingerprint density at radius 1 is 1.57 bits per heavy atom. The molecular weight excluding hydrogens is 288 g/mol. The maximum Gasteiger partial charge on any atom is 0.317 e. The van der Waals surface area contributed by atoms with Gasteiger partial charge in [0.15, 0.2) is 0 Å². The minimum Gasteiger partial charge on any atom is -0.481 e. The Bertz CT molecular complexity index is 503. The molecule has 0 bridgehead atoms. The zero-order chi connectivity index (χ0) is 15.5. The highest BCUT2D eigenvalue weighted by Gasteiger charge is 2.46. The van der Waals surface area contributed by atoms with Crippen molar-refractivity contribution in [2.75, 3.05) is 13.6 Å². The van der Waals surface area contributed by atoms with Crippen molar-refractivity contribution in [3.8, 4) is 0 Å². The van der Waals surface area contributed by atoms with Crippen LogP contribution in [0.1, 0.15) is 31.1 Å². The molecule has 0 aromatic carbocycles. The summed E-state index contributed by atoms with van der Waals surface area (Å²) >= 11 is 1.68. The molecule has 0 saturated heterocycles. The highest BCUT2D eigenvalue weighted by Crippen LogP contribution is 2.38. The zero-order valence-corrected chi connectivity index (χ0v) is 13.3. The summed E-state index contributed by atoms with van der Waals surface area (Å²) in [6.45, 7) is 2.35. The molecule has 1 aromatic heterocycles. The molecule has 116 valence electrons. The fourth-order valence-electron chi connectivity index (χ4n) is 2.75. The first-order valence-electron chi connectivity index (χ1n) is 7.21. The molecule has 1 heterocycles. The lowest BCUT2D eigenvalue weighted by Gasteiger charge is -2.29. The van der Waals surface area contributed by atoms with Gasteiger partial charge < -0.3 is 15.3 Å². The number of carboxylic acid groups (broad SMARTS) is 1. The van der Waals surface area contributed by atoms with E-state index >= 15 is 0 Å². The molecule has 5 nitrogen and oxygen atoms in total. The number of carbonyl (C=O) groups excluding carboxylic acids is 1. The van der Waals surface area contributed by atoms with Crippen LogP contribution in [0.3, 0.4) is 0 Å². The molecule has 2 unspecified atom stereocenters. The summed E-state index contributed by atoms with van der Waals surface area (Å²) in [5.74, 6) is -0.827. The second-order valence-electron chi connectivity index (χ2n) is 5.87. The molecule has 2 N–H and O–H groups in total. The van der Waals surface area contributed by atoms with Crippen LogP contribution in [-0.2, 0) is 11.2 Å². The average molecular weight is 310 g/mol. The third-order valence-electron chi connectivity index (χ3n) is 4.36. The van der Waals surface area contributed by atoms with Gasteiger partial charge in [0.2, 0.25) is 0 Å².